The van der Waals surface area contributed by atoms with Crippen molar-refractivity contribution in [2.75, 3.05) is 13.1 Å². The van der Waals surface area contributed by atoms with Crippen molar-refractivity contribution in [3.8, 4) is 0 Å². The zero-order valence-corrected chi connectivity index (χ0v) is 19.5. The molecule has 1 aliphatic heterocycles. The smallest absolute Gasteiger partial charge is 0.270 e. The van der Waals surface area contributed by atoms with Crippen LogP contribution in [0.3, 0.4) is 0 Å². The van der Waals surface area contributed by atoms with Crippen LogP contribution in [0.1, 0.15) is 49.2 Å². The Morgan fingerprint density at radius 3 is 2.58 bits per heavy atom. The number of hydrogen-bond donors (Lipinski definition) is 1. The van der Waals surface area contributed by atoms with Crippen molar-refractivity contribution in [1.82, 2.24) is 14.8 Å². The molecule has 1 fully saturated rings. The second-order valence-corrected chi connectivity index (χ2v) is 9.64. The number of aromatic nitrogens is 1. The third kappa shape index (κ3) is 4.80. The van der Waals surface area contributed by atoms with Gasteiger partial charge in [0.05, 0.1) is 0 Å². The van der Waals surface area contributed by atoms with E-state index in [1.165, 1.54) is 0 Å². The monoisotopic (exact) mass is 457 g/mol. The Bertz CT molecular complexity index is 1060. The highest BCUT2D eigenvalue weighted by molar-refractivity contribution is 7.16. The van der Waals surface area contributed by atoms with E-state index in [2.05, 4.69) is 28.3 Å². The van der Waals surface area contributed by atoms with Crippen LogP contribution in [0.2, 0.25) is 5.02 Å². The van der Waals surface area contributed by atoms with E-state index in [1.54, 1.807) is 11.3 Å². The van der Waals surface area contributed by atoms with E-state index in [0.717, 1.165) is 22.2 Å². The molecule has 1 aliphatic rings. The van der Waals surface area contributed by atoms with Crippen LogP contribution >= 0.6 is 22.9 Å². The molecule has 2 aromatic heterocycles. The Morgan fingerprint density at radius 2 is 1.90 bits per heavy atom. The highest BCUT2D eigenvalue weighted by atomic mass is 35.5. The molecule has 5 nitrogen and oxygen atoms in total. The number of carbonyl (C=O) groups excluding carboxylic acids is 2. The first kappa shape index (κ1) is 21.9. The van der Waals surface area contributed by atoms with Gasteiger partial charge in [-0.05, 0) is 61.4 Å². The quantitative estimate of drug-likeness (QED) is 0.555. The minimum absolute atomic E-state index is 0.0117. The van der Waals surface area contributed by atoms with Crippen molar-refractivity contribution in [1.29, 1.82) is 0 Å². The number of amides is 2. The molecule has 1 saturated heterocycles. The first-order valence-corrected chi connectivity index (χ1v) is 12.1. The van der Waals surface area contributed by atoms with Gasteiger partial charge in [-0.15, -0.1) is 11.3 Å². The molecule has 3 aromatic rings. The SMILES string of the molecule is CC[C@H](C)NC(=O)C1CCN(C(=O)c2cc3ccsc3n2Cc2ccc(Cl)cc2)CC1. The Morgan fingerprint density at radius 1 is 1.19 bits per heavy atom. The summed E-state index contributed by atoms with van der Waals surface area (Å²) in [5, 5.41) is 6.92. The zero-order chi connectivity index (χ0) is 22.0. The molecule has 7 heteroatoms. The fourth-order valence-corrected chi connectivity index (χ4v) is 5.07. The summed E-state index contributed by atoms with van der Waals surface area (Å²) < 4.78 is 2.10. The van der Waals surface area contributed by atoms with Gasteiger partial charge >= 0.3 is 0 Å². The standard InChI is InChI=1S/C24H28ClN3O2S/c1-3-16(2)26-22(29)18-8-11-27(12-9-18)23(30)21-14-19-10-13-31-24(19)28(21)15-17-4-6-20(25)7-5-17/h4-7,10,13-14,16,18H,3,8-9,11-12,15H2,1-2H3,(H,26,29)/t16-/m0/s1. The predicted octanol–water partition coefficient (Wildman–Crippen LogP) is 5.17. The topological polar surface area (TPSA) is 54.3 Å². The molecule has 31 heavy (non-hydrogen) atoms. The van der Waals surface area contributed by atoms with E-state index >= 15 is 0 Å². The van der Waals surface area contributed by atoms with Gasteiger partial charge in [0.2, 0.25) is 5.91 Å². The molecule has 4 rings (SSSR count). The molecule has 0 spiro atoms. The number of thiophene rings is 1. The van der Waals surface area contributed by atoms with Crippen molar-refractivity contribution >= 4 is 45.0 Å². The Labute approximate surface area is 192 Å². The number of nitrogens with one attached hydrogen (secondary N) is 1. The number of piperidine rings is 1. The molecule has 0 unspecified atom stereocenters. The van der Waals surface area contributed by atoms with Crippen LogP contribution in [-0.4, -0.2) is 40.4 Å². The minimum Gasteiger partial charge on any atom is -0.353 e. The molecule has 0 bridgehead atoms. The van der Waals surface area contributed by atoms with Crippen molar-refractivity contribution < 1.29 is 9.59 Å². The van der Waals surface area contributed by atoms with Gasteiger partial charge in [-0.25, -0.2) is 0 Å². The molecular weight excluding hydrogens is 430 g/mol. The predicted molar refractivity (Wildman–Crippen MR) is 127 cm³/mol. The number of benzene rings is 1. The largest absolute Gasteiger partial charge is 0.353 e. The highest BCUT2D eigenvalue weighted by Gasteiger charge is 2.30. The number of likely N-dealkylation sites (tertiary alicyclic amines) is 1. The lowest BCUT2D eigenvalue weighted by Crippen LogP contribution is -2.45. The van der Waals surface area contributed by atoms with Gasteiger partial charge in [0.15, 0.2) is 0 Å². The summed E-state index contributed by atoms with van der Waals surface area (Å²) in [7, 11) is 0. The minimum atomic E-state index is -0.0117. The number of fused-ring (bicyclic) bond motifs is 1. The van der Waals surface area contributed by atoms with E-state index in [4.69, 9.17) is 11.6 Å². The normalized spacial score (nSPS) is 15.9. The number of halogens is 1. The maximum Gasteiger partial charge on any atom is 0.270 e. The summed E-state index contributed by atoms with van der Waals surface area (Å²) in [6, 6.07) is 12.0. The summed E-state index contributed by atoms with van der Waals surface area (Å²) in [4.78, 5) is 28.9. The Kier molecular flexibility index (Phi) is 6.68. The second kappa shape index (κ2) is 9.45. The van der Waals surface area contributed by atoms with Crippen LogP contribution in [0.5, 0.6) is 0 Å². The van der Waals surface area contributed by atoms with Crippen molar-refractivity contribution in [3.05, 3.63) is 58.1 Å². The van der Waals surface area contributed by atoms with E-state index in [0.29, 0.717) is 43.2 Å². The molecule has 2 amide bonds. The zero-order valence-electron chi connectivity index (χ0n) is 17.9. The van der Waals surface area contributed by atoms with Gasteiger partial charge in [0.1, 0.15) is 10.5 Å². The van der Waals surface area contributed by atoms with Crippen molar-refractivity contribution in [2.24, 2.45) is 5.92 Å². The van der Waals surface area contributed by atoms with Crippen LogP contribution < -0.4 is 5.32 Å². The summed E-state index contributed by atoms with van der Waals surface area (Å²) in [6.45, 7) is 5.93. The van der Waals surface area contributed by atoms with E-state index in [1.807, 2.05) is 42.2 Å². The number of carbonyl (C=O) groups is 2. The van der Waals surface area contributed by atoms with Crippen LogP contribution in [0.25, 0.3) is 10.2 Å². The summed E-state index contributed by atoms with van der Waals surface area (Å²) in [5.74, 6) is 0.147. The third-order valence-electron chi connectivity index (χ3n) is 6.13. The van der Waals surface area contributed by atoms with Crippen molar-refractivity contribution in [3.63, 3.8) is 0 Å². The van der Waals surface area contributed by atoms with Gasteiger partial charge in [0.25, 0.3) is 5.91 Å². The summed E-state index contributed by atoms with van der Waals surface area (Å²) in [5.41, 5.74) is 1.81. The maximum atomic E-state index is 13.4. The number of rotatable bonds is 6. The van der Waals surface area contributed by atoms with Gasteiger partial charge in [-0.3, -0.25) is 9.59 Å². The van der Waals surface area contributed by atoms with Crippen LogP contribution in [0.4, 0.5) is 0 Å². The fraction of sp³-hybridized carbons (Fsp3) is 0.417. The summed E-state index contributed by atoms with van der Waals surface area (Å²) in [6.07, 6.45) is 2.34. The summed E-state index contributed by atoms with van der Waals surface area (Å²) >= 11 is 7.68. The van der Waals surface area contributed by atoms with E-state index in [9.17, 15) is 9.59 Å². The molecular formula is C24H28ClN3O2S. The van der Waals surface area contributed by atoms with Gasteiger partial charge in [-0.1, -0.05) is 30.7 Å². The van der Waals surface area contributed by atoms with Crippen LogP contribution in [0, 0.1) is 5.92 Å². The average Bonchev–Trinajstić information content (AvgIpc) is 3.37. The molecule has 0 aliphatic carbocycles. The molecule has 3 heterocycles. The maximum absolute atomic E-state index is 13.4. The lowest BCUT2D eigenvalue weighted by atomic mass is 9.95. The number of nitrogens with zero attached hydrogens (tertiary/aromatic N) is 2. The van der Waals surface area contributed by atoms with E-state index in [-0.39, 0.29) is 23.8 Å². The van der Waals surface area contributed by atoms with Crippen LogP contribution in [-0.2, 0) is 11.3 Å². The molecule has 0 saturated carbocycles. The first-order valence-electron chi connectivity index (χ1n) is 10.9. The van der Waals surface area contributed by atoms with Gasteiger partial charge < -0.3 is 14.8 Å². The van der Waals surface area contributed by atoms with Crippen molar-refractivity contribution in [2.45, 2.75) is 45.7 Å². The molecule has 0 radical (unpaired) electrons. The number of hydrogen-bond acceptors (Lipinski definition) is 3. The fourth-order valence-electron chi connectivity index (χ4n) is 4.05. The lowest BCUT2D eigenvalue weighted by molar-refractivity contribution is -0.126. The van der Waals surface area contributed by atoms with Crippen LogP contribution in [0.15, 0.2) is 41.8 Å². The molecule has 1 N–H and O–H groups in total. The first-order chi connectivity index (χ1) is 15.0. The lowest BCUT2D eigenvalue weighted by Gasteiger charge is -2.32. The second-order valence-electron chi connectivity index (χ2n) is 8.31. The van der Waals surface area contributed by atoms with Gasteiger partial charge in [-0.2, -0.15) is 0 Å². The Hall–Kier alpha value is -2.31. The average molecular weight is 458 g/mol. The highest BCUT2D eigenvalue weighted by Crippen LogP contribution is 2.28. The van der Waals surface area contributed by atoms with Gasteiger partial charge in [0, 0.05) is 42.0 Å². The third-order valence-corrected chi connectivity index (χ3v) is 7.33. The molecule has 164 valence electrons. The molecule has 1 atom stereocenters. The molecule has 1 aromatic carbocycles. The van der Waals surface area contributed by atoms with E-state index < -0.39 is 0 Å². The Balaban J connectivity index is 1.49.